The Balaban J connectivity index is 2.13. The largest absolute Gasteiger partial charge is 0.0843 e. The summed E-state index contributed by atoms with van der Waals surface area (Å²) >= 11 is 5.91. The summed E-state index contributed by atoms with van der Waals surface area (Å²) in [5, 5.41) is 0.790. The molecule has 2 aromatic carbocycles. The number of halogens is 1. The van der Waals surface area contributed by atoms with Crippen LogP contribution in [-0.4, -0.2) is 0 Å². The zero-order valence-electron chi connectivity index (χ0n) is 10.8. The molecular formula is C17H19Cl. The van der Waals surface area contributed by atoms with E-state index in [4.69, 9.17) is 11.6 Å². The Hall–Kier alpha value is -1.27. The van der Waals surface area contributed by atoms with E-state index in [-0.39, 0.29) is 0 Å². The maximum absolute atomic E-state index is 5.91. The summed E-state index contributed by atoms with van der Waals surface area (Å²) in [5.41, 5.74) is 3.94. The van der Waals surface area contributed by atoms with Crippen LogP contribution in [0.25, 0.3) is 11.1 Å². The molecule has 0 bridgehead atoms. The first-order valence-corrected chi connectivity index (χ1v) is 7.02. The molecule has 0 aromatic heterocycles. The molecule has 0 aliphatic carbocycles. The number of hydrogen-bond acceptors (Lipinski definition) is 0. The number of unbranched alkanes of at least 4 members (excludes halogenated alkanes) is 2. The molecule has 0 saturated carbocycles. The highest BCUT2D eigenvalue weighted by molar-refractivity contribution is 6.30. The summed E-state index contributed by atoms with van der Waals surface area (Å²) in [6.07, 6.45) is 5.04. The van der Waals surface area contributed by atoms with Crippen molar-refractivity contribution in [3.8, 4) is 11.1 Å². The van der Waals surface area contributed by atoms with Gasteiger partial charge in [0.1, 0.15) is 0 Å². The number of benzene rings is 2. The van der Waals surface area contributed by atoms with Crippen LogP contribution in [0.15, 0.2) is 48.5 Å². The molecule has 2 rings (SSSR count). The lowest BCUT2D eigenvalue weighted by Gasteiger charge is -2.05. The fraction of sp³-hybridized carbons (Fsp3) is 0.294. The minimum absolute atomic E-state index is 0.790. The van der Waals surface area contributed by atoms with Gasteiger partial charge < -0.3 is 0 Å². The highest BCUT2D eigenvalue weighted by Crippen LogP contribution is 2.23. The third kappa shape index (κ3) is 3.61. The Labute approximate surface area is 115 Å². The molecule has 0 amide bonds. The molecule has 0 atom stereocenters. The van der Waals surface area contributed by atoms with Crippen LogP contribution in [0.3, 0.4) is 0 Å². The molecule has 1 heteroatoms. The van der Waals surface area contributed by atoms with Gasteiger partial charge in [-0.05, 0) is 41.7 Å². The summed E-state index contributed by atoms with van der Waals surface area (Å²) in [4.78, 5) is 0. The van der Waals surface area contributed by atoms with Crippen molar-refractivity contribution in [2.24, 2.45) is 0 Å². The maximum atomic E-state index is 5.91. The lowest BCUT2D eigenvalue weighted by molar-refractivity contribution is 0.717. The first kappa shape index (κ1) is 13.2. The van der Waals surface area contributed by atoms with Crippen molar-refractivity contribution in [2.45, 2.75) is 32.6 Å². The fourth-order valence-electron chi connectivity index (χ4n) is 2.13. The fourth-order valence-corrected chi connectivity index (χ4v) is 2.25. The van der Waals surface area contributed by atoms with Crippen LogP contribution in [0.2, 0.25) is 5.02 Å². The second-order valence-electron chi connectivity index (χ2n) is 4.66. The smallest absolute Gasteiger partial charge is 0.0406 e. The van der Waals surface area contributed by atoms with Crippen molar-refractivity contribution in [1.82, 2.24) is 0 Å². The second-order valence-corrected chi connectivity index (χ2v) is 5.10. The Morgan fingerprint density at radius 2 is 1.67 bits per heavy atom. The van der Waals surface area contributed by atoms with Crippen molar-refractivity contribution in [3.63, 3.8) is 0 Å². The van der Waals surface area contributed by atoms with Crippen molar-refractivity contribution >= 4 is 11.6 Å². The van der Waals surface area contributed by atoms with Crippen LogP contribution >= 0.6 is 11.6 Å². The molecule has 0 heterocycles. The monoisotopic (exact) mass is 258 g/mol. The summed E-state index contributed by atoms with van der Waals surface area (Å²) < 4.78 is 0. The molecule has 18 heavy (non-hydrogen) atoms. The first-order valence-electron chi connectivity index (χ1n) is 6.64. The molecule has 0 nitrogen and oxygen atoms in total. The van der Waals surface area contributed by atoms with Gasteiger partial charge in [-0.15, -0.1) is 0 Å². The highest BCUT2D eigenvalue weighted by Gasteiger charge is 1.99. The minimum atomic E-state index is 0.790. The van der Waals surface area contributed by atoms with Crippen molar-refractivity contribution in [3.05, 3.63) is 59.1 Å². The second kappa shape index (κ2) is 6.61. The Morgan fingerprint density at radius 3 is 2.39 bits per heavy atom. The summed E-state index contributed by atoms with van der Waals surface area (Å²) in [6, 6.07) is 16.9. The first-order chi connectivity index (χ1) is 8.79. The van der Waals surface area contributed by atoms with Crippen LogP contribution in [0.1, 0.15) is 31.7 Å². The zero-order chi connectivity index (χ0) is 12.8. The molecule has 0 aliphatic heterocycles. The lowest BCUT2D eigenvalue weighted by atomic mass is 10.0. The molecule has 0 aliphatic rings. The van der Waals surface area contributed by atoms with Crippen LogP contribution in [-0.2, 0) is 6.42 Å². The zero-order valence-corrected chi connectivity index (χ0v) is 11.6. The molecule has 94 valence electrons. The molecule has 0 radical (unpaired) electrons. The van der Waals surface area contributed by atoms with Crippen LogP contribution in [0.4, 0.5) is 0 Å². The Bertz CT molecular complexity index is 485. The molecule has 0 unspecified atom stereocenters. The van der Waals surface area contributed by atoms with E-state index in [1.165, 1.54) is 42.4 Å². The van der Waals surface area contributed by atoms with Gasteiger partial charge in [-0.3, -0.25) is 0 Å². The van der Waals surface area contributed by atoms with E-state index in [2.05, 4.69) is 43.3 Å². The molecule has 0 fully saturated rings. The van der Waals surface area contributed by atoms with Gasteiger partial charge in [-0.1, -0.05) is 67.8 Å². The van der Waals surface area contributed by atoms with Crippen LogP contribution in [0, 0.1) is 0 Å². The standard InChI is InChI=1S/C17H19Cl/c1-2-3-4-6-14-7-5-8-16(13-14)15-9-11-17(18)12-10-15/h5,7-13H,2-4,6H2,1H3. The molecular weight excluding hydrogens is 240 g/mol. The Morgan fingerprint density at radius 1 is 0.889 bits per heavy atom. The molecule has 0 N–H and O–H groups in total. The van der Waals surface area contributed by atoms with Gasteiger partial charge in [-0.25, -0.2) is 0 Å². The van der Waals surface area contributed by atoms with Crippen molar-refractivity contribution in [2.75, 3.05) is 0 Å². The lowest BCUT2D eigenvalue weighted by Crippen LogP contribution is -1.86. The van der Waals surface area contributed by atoms with E-state index in [1.807, 2.05) is 12.1 Å². The number of rotatable bonds is 5. The van der Waals surface area contributed by atoms with Crippen LogP contribution < -0.4 is 0 Å². The molecule has 2 aromatic rings. The van der Waals surface area contributed by atoms with E-state index >= 15 is 0 Å². The van der Waals surface area contributed by atoms with Crippen LogP contribution in [0.5, 0.6) is 0 Å². The Kier molecular flexibility index (Phi) is 4.83. The van der Waals surface area contributed by atoms with E-state index in [1.54, 1.807) is 0 Å². The maximum Gasteiger partial charge on any atom is 0.0406 e. The predicted molar refractivity (Wildman–Crippen MR) is 80.1 cm³/mol. The minimum Gasteiger partial charge on any atom is -0.0843 e. The molecule has 0 spiro atoms. The van der Waals surface area contributed by atoms with Gasteiger partial charge in [0.2, 0.25) is 0 Å². The van der Waals surface area contributed by atoms with E-state index in [9.17, 15) is 0 Å². The average molecular weight is 259 g/mol. The van der Waals surface area contributed by atoms with Gasteiger partial charge in [0, 0.05) is 5.02 Å². The van der Waals surface area contributed by atoms with E-state index in [0.717, 1.165) is 5.02 Å². The van der Waals surface area contributed by atoms with Crippen molar-refractivity contribution < 1.29 is 0 Å². The van der Waals surface area contributed by atoms with Crippen molar-refractivity contribution in [1.29, 1.82) is 0 Å². The number of aryl methyl sites for hydroxylation is 1. The van der Waals surface area contributed by atoms with Gasteiger partial charge >= 0.3 is 0 Å². The third-order valence-electron chi connectivity index (χ3n) is 3.17. The summed E-state index contributed by atoms with van der Waals surface area (Å²) in [7, 11) is 0. The average Bonchev–Trinajstić information content (AvgIpc) is 2.40. The SMILES string of the molecule is CCCCCc1cccc(-c2ccc(Cl)cc2)c1. The predicted octanol–water partition coefficient (Wildman–Crippen LogP) is 5.74. The highest BCUT2D eigenvalue weighted by atomic mass is 35.5. The van der Waals surface area contributed by atoms with E-state index in [0.29, 0.717) is 0 Å². The number of hydrogen-bond donors (Lipinski definition) is 0. The topological polar surface area (TPSA) is 0 Å². The van der Waals surface area contributed by atoms with Gasteiger partial charge in [0.15, 0.2) is 0 Å². The third-order valence-corrected chi connectivity index (χ3v) is 3.43. The van der Waals surface area contributed by atoms with Gasteiger partial charge in [-0.2, -0.15) is 0 Å². The van der Waals surface area contributed by atoms with Gasteiger partial charge in [0.05, 0.1) is 0 Å². The summed E-state index contributed by atoms with van der Waals surface area (Å²) in [6.45, 7) is 2.24. The summed E-state index contributed by atoms with van der Waals surface area (Å²) in [5.74, 6) is 0. The quantitative estimate of drug-likeness (QED) is 0.600. The van der Waals surface area contributed by atoms with Gasteiger partial charge in [0.25, 0.3) is 0 Å². The molecule has 0 saturated heterocycles. The van der Waals surface area contributed by atoms with E-state index < -0.39 is 0 Å². The normalized spacial score (nSPS) is 10.6.